The lowest BCUT2D eigenvalue weighted by molar-refractivity contribution is -0.170. The van der Waals surface area contributed by atoms with Crippen molar-refractivity contribution in [3.63, 3.8) is 0 Å². The summed E-state index contributed by atoms with van der Waals surface area (Å²) in [4.78, 5) is 14.5. The smallest absolute Gasteiger partial charge is 0.225 e. The number of unbranched alkanes of at least 4 members (excludes halogenated alkanes) is 1. The number of rotatable bonds is 6. The fourth-order valence-electron chi connectivity index (χ4n) is 2.77. The summed E-state index contributed by atoms with van der Waals surface area (Å²) in [7, 11) is 0. The molecule has 1 heterocycles. The first kappa shape index (κ1) is 16.4. The van der Waals surface area contributed by atoms with Crippen molar-refractivity contribution < 1.29 is 14.6 Å². The molecular formula is C15H29NO3. The Morgan fingerprint density at radius 3 is 2.68 bits per heavy atom. The number of aliphatic hydroxyl groups is 1. The molecule has 1 amide bonds. The molecule has 2 unspecified atom stereocenters. The second kappa shape index (κ2) is 7.25. The average molecular weight is 271 g/mol. The molecule has 0 saturated carbocycles. The van der Waals surface area contributed by atoms with Crippen molar-refractivity contribution in [1.82, 2.24) is 4.90 Å². The van der Waals surface area contributed by atoms with Gasteiger partial charge in [-0.1, -0.05) is 26.7 Å². The average Bonchev–Trinajstić information content (AvgIpc) is 2.37. The van der Waals surface area contributed by atoms with Gasteiger partial charge in [-0.25, -0.2) is 0 Å². The first-order valence-electron chi connectivity index (χ1n) is 7.51. The maximum atomic E-state index is 12.6. The first-order chi connectivity index (χ1) is 8.93. The monoisotopic (exact) mass is 271 g/mol. The molecule has 0 radical (unpaired) electrons. The third kappa shape index (κ3) is 4.77. The summed E-state index contributed by atoms with van der Waals surface area (Å²) in [5.41, 5.74) is -0.371. The van der Waals surface area contributed by atoms with E-state index in [1.807, 2.05) is 18.7 Å². The molecule has 0 bridgehead atoms. The highest BCUT2D eigenvalue weighted by Crippen LogP contribution is 2.24. The molecule has 112 valence electrons. The van der Waals surface area contributed by atoms with Crippen LogP contribution in [0.5, 0.6) is 0 Å². The molecule has 1 N–H and O–H groups in total. The number of amides is 1. The Bertz CT molecular complexity index is 291. The Hall–Kier alpha value is -0.610. The Morgan fingerprint density at radius 1 is 1.47 bits per heavy atom. The molecule has 0 aromatic rings. The van der Waals surface area contributed by atoms with E-state index < -0.39 is 0 Å². The third-order valence-electron chi connectivity index (χ3n) is 3.74. The highest BCUT2D eigenvalue weighted by molar-refractivity contribution is 5.79. The minimum atomic E-state index is -0.371. The Labute approximate surface area is 117 Å². The summed E-state index contributed by atoms with van der Waals surface area (Å²) >= 11 is 0. The zero-order valence-electron chi connectivity index (χ0n) is 12.8. The normalized spacial score (nSPS) is 24.3. The van der Waals surface area contributed by atoms with Crippen molar-refractivity contribution in [2.24, 2.45) is 5.92 Å². The predicted molar refractivity (Wildman–Crippen MR) is 75.9 cm³/mol. The topological polar surface area (TPSA) is 49.8 Å². The van der Waals surface area contributed by atoms with Gasteiger partial charge in [-0.3, -0.25) is 4.79 Å². The van der Waals surface area contributed by atoms with Gasteiger partial charge in [0.1, 0.15) is 0 Å². The van der Waals surface area contributed by atoms with Crippen LogP contribution in [0, 0.1) is 5.92 Å². The number of carbonyl (C=O) groups is 1. The molecule has 4 nitrogen and oxygen atoms in total. The molecular weight excluding hydrogens is 242 g/mol. The van der Waals surface area contributed by atoms with Gasteiger partial charge in [0.15, 0.2) is 0 Å². The summed E-state index contributed by atoms with van der Waals surface area (Å²) in [6.45, 7) is 9.28. The number of hydrogen-bond acceptors (Lipinski definition) is 3. The molecule has 0 aromatic heterocycles. The van der Waals surface area contributed by atoms with Gasteiger partial charge in [0.2, 0.25) is 5.91 Å². The number of aliphatic hydroxyl groups excluding tert-OH is 1. The van der Waals surface area contributed by atoms with Crippen LogP contribution in [-0.4, -0.2) is 47.3 Å². The van der Waals surface area contributed by atoms with Crippen molar-refractivity contribution in [3.8, 4) is 0 Å². The zero-order chi connectivity index (χ0) is 14.5. The van der Waals surface area contributed by atoms with Crippen LogP contribution in [0.15, 0.2) is 0 Å². The molecule has 0 spiro atoms. The van der Waals surface area contributed by atoms with E-state index in [0.29, 0.717) is 13.1 Å². The van der Waals surface area contributed by atoms with E-state index in [9.17, 15) is 9.90 Å². The molecule has 1 aliphatic heterocycles. The van der Waals surface area contributed by atoms with Gasteiger partial charge in [-0.2, -0.15) is 0 Å². The van der Waals surface area contributed by atoms with Gasteiger partial charge in [-0.05, 0) is 26.7 Å². The van der Waals surface area contributed by atoms with Gasteiger partial charge < -0.3 is 14.7 Å². The van der Waals surface area contributed by atoms with Crippen LogP contribution in [-0.2, 0) is 9.53 Å². The van der Waals surface area contributed by atoms with Crippen LogP contribution in [0.1, 0.15) is 53.4 Å². The largest absolute Gasteiger partial charge is 0.394 e. The van der Waals surface area contributed by atoms with Crippen LogP contribution in [0.25, 0.3) is 0 Å². The van der Waals surface area contributed by atoms with Crippen LogP contribution < -0.4 is 0 Å². The number of carbonyl (C=O) groups excluding carboxylic acids is 1. The number of ether oxygens (including phenoxy) is 1. The minimum absolute atomic E-state index is 0.0288. The fraction of sp³-hybridized carbons (Fsp3) is 0.933. The molecule has 1 rings (SSSR count). The van der Waals surface area contributed by atoms with Gasteiger partial charge in [-0.15, -0.1) is 0 Å². The molecule has 0 aliphatic carbocycles. The molecule has 19 heavy (non-hydrogen) atoms. The van der Waals surface area contributed by atoms with E-state index in [2.05, 4.69) is 13.8 Å². The van der Waals surface area contributed by atoms with Crippen molar-refractivity contribution in [3.05, 3.63) is 0 Å². The third-order valence-corrected chi connectivity index (χ3v) is 3.74. The van der Waals surface area contributed by atoms with Gasteiger partial charge in [0.25, 0.3) is 0 Å². The molecule has 2 atom stereocenters. The van der Waals surface area contributed by atoms with E-state index in [0.717, 1.165) is 25.7 Å². The fourth-order valence-corrected chi connectivity index (χ4v) is 2.77. The lowest BCUT2D eigenvalue weighted by atomic mass is 9.96. The van der Waals surface area contributed by atoms with Crippen LogP contribution >= 0.6 is 0 Å². The highest BCUT2D eigenvalue weighted by atomic mass is 16.5. The summed E-state index contributed by atoms with van der Waals surface area (Å²) < 4.78 is 5.75. The lowest BCUT2D eigenvalue weighted by Gasteiger charge is -2.43. The predicted octanol–water partition coefficient (Wildman–Crippen LogP) is 2.20. The summed E-state index contributed by atoms with van der Waals surface area (Å²) in [5.74, 6) is 0.346. The van der Waals surface area contributed by atoms with E-state index in [1.54, 1.807) is 0 Å². The van der Waals surface area contributed by atoms with Crippen LogP contribution in [0.4, 0.5) is 0 Å². The van der Waals surface area contributed by atoms with E-state index in [1.165, 1.54) is 0 Å². The van der Waals surface area contributed by atoms with Crippen molar-refractivity contribution in [2.75, 3.05) is 19.7 Å². The molecule has 4 heteroatoms. The lowest BCUT2D eigenvalue weighted by Crippen LogP contribution is -2.56. The second-order valence-electron chi connectivity index (χ2n) is 6.15. The Balaban J connectivity index is 2.68. The summed E-state index contributed by atoms with van der Waals surface area (Å²) in [5, 5.41) is 9.30. The number of morpholine rings is 1. The Kier molecular flexibility index (Phi) is 6.27. The second-order valence-corrected chi connectivity index (χ2v) is 6.15. The molecule has 1 aliphatic rings. The van der Waals surface area contributed by atoms with Gasteiger partial charge in [0.05, 0.1) is 18.3 Å². The summed E-state index contributed by atoms with van der Waals surface area (Å²) in [6, 6.07) is 0. The van der Waals surface area contributed by atoms with E-state index >= 15 is 0 Å². The van der Waals surface area contributed by atoms with Crippen LogP contribution in [0.3, 0.4) is 0 Å². The van der Waals surface area contributed by atoms with Crippen molar-refractivity contribution in [1.29, 1.82) is 0 Å². The number of nitrogens with zero attached hydrogens (tertiary/aromatic N) is 1. The van der Waals surface area contributed by atoms with E-state index in [4.69, 9.17) is 4.74 Å². The van der Waals surface area contributed by atoms with Crippen molar-refractivity contribution >= 4 is 5.91 Å². The standard InChI is InChI=1S/C15H29NO3/c1-5-7-8-12(6-2)14(18)16-9-13(10-17)19-15(3,4)11-16/h12-13,17H,5-11H2,1-4H3. The zero-order valence-corrected chi connectivity index (χ0v) is 12.8. The first-order valence-corrected chi connectivity index (χ1v) is 7.51. The molecule has 1 fully saturated rings. The van der Waals surface area contributed by atoms with Crippen LogP contribution in [0.2, 0.25) is 0 Å². The van der Waals surface area contributed by atoms with E-state index in [-0.39, 0.29) is 30.1 Å². The maximum Gasteiger partial charge on any atom is 0.225 e. The minimum Gasteiger partial charge on any atom is -0.394 e. The quantitative estimate of drug-likeness (QED) is 0.805. The Morgan fingerprint density at radius 2 is 2.16 bits per heavy atom. The number of hydrogen-bond donors (Lipinski definition) is 1. The molecule has 0 aromatic carbocycles. The molecule has 1 saturated heterocycles. The van der Waals surface area contributed by atoms with Gasteiger partial charge >= 0.3 is 0 Å². The maximum absolute atomic E-state index is 12.6. The summed E-state index contributed by atoms with van der Waals surface area (Å²) in [6.07, 6.45) is 3.82. The highest BCUT2D eigenvalue weighted by Gasteiger charge is 2.36. The van der Waals surface area contributed by atoms with Gasteiger partial charge in [0, 0.05) is 19.0 Å². The SMILES string of the molecule is CCCCC(CC)C(=O)N1CC(CO)OC(C)(C)C1. The van der Waals surface area contributed by atoms with Crippen molar-refractivity contribution in [2.45, 2.75) is 65.1 Å².